The van der Waals surface area contributed by atoms with Crippen molar-refractivity contribution in [3.8, 4) is 0 Å². The summed E-state index contributed by atoms with van der Waals surface area (Å²) in [6.45, 7) is 0. The Morgan fingerprint density at radius 2 is 0.556 bits per heavy atom. The minimum atomic E-state index is -2.85. The Balaban J connectivity index is -0.0000000720. The maximum Gasteiger partial charge on any atom is 1.00 e. The molecule has 0 aromatic heterocycles. The van der Waals surface area contributed by atoms with Crippen LogP contribution in [0.1, 0.15) is 0 Å². The maximum absolute atomic E-state index is 8.41. The Hall–Kier alpha value is 1.34. The predicted molar refractivity (Wildman–Crippen MR) is 0 cm³/mol. The van der Waals surface area contributed by atoms with Gasteiger partial charge in [-0.05, 0) is 0 Å². The molecular weight excluding hydrogens is 190 g/mol. The van der Waals surface area contributed by atoms with Gasteiger partial charge >= 0.3 is 29.6 Å². The van der Waals surface area contributed by atoms with E-state index in [4.69, 9.17) is 28.0 Å². The van der Waals surface area contributed by atoms with E-state index in [-0.39, 0.29) is 29.6 Å². The fraction of sp³-hybridized carbons (Fsp3) is 0. The van der Waals surface area contributed by atoms with Crippen molar-refractivity contribution < 1.29 is 79.1 Å². The molecule has 9 heteroatoms. The second kappa shape index (κ2) is 12.1. The zero-order valence-corrected chi connectivity index (χ0v) is 7.72. The average molecular weight is 190 g/mol. The van der Waals surface area contributed by atoms with Crippen molar-refractivity contribution in [3.63, 3.8) is 0 Å². The van der Waals surface area contributed by atoms with E-state index < -0.39 is 21.6 Å². The molecule has 0 amide bonds. The molecular formula is Cl2NaO6-. The van der Waals surface area contributed by atoms with Crippen molar-refractivity contribution in [3.05, 3.63) is 0 Å². The van der Waals surface area contributed by atoms with Gasteiger partial charge in [0.15, 0.2) is 0 Å². The third-order valence-electron chi connectivity index (χ3n) is 0. The third kappa shape index (κ3) is 280. The van der Waals surface area contributed by atoms with E-state index in [1.165, 1.54) is 0 Å². The van der Waals surface area contributed by atoms with Crippen molar-refractivity contribution in [2.45, 2.75) is 0 Å². The molecule has 52 valence electrons. The average Bonchev–Trinajstić information content (AvgIpc) is 1.25. The van der Waals surface area contributed by atoms with E-state index in [2.05, 4.69) is 0 Å². The standard InChI is InChI=1S/2ClO3.Na/c2*2-1(3)4;/q2*-1;+1. The van der Waals surface area contributed by atoms with Gasteiger partial charge in [0.2, 0.25) is 0 Å². The molecule has 0 atom stereocenters. The van der Waals surface area contributed by atoms with Crippen LogP contribution in [0.2, 0.25) is 0 Å². The molecule has 0 spiro atoms. The van der Waals surface area contributed by atoms with Crippen LogP contribution in [0.15, 0.2) is 0 Å². The number of halogens is 2. The first-order valence-corrected chi connectivity index (χ1v) is 2.78. The monoisotopic (exact) mass is 189 g/mol. The van der Waals surface area contributed by atoms with Gasteiger partial charge in [0.25, 0.3) is 0 Å². The van der Waals surface area contributed by atoms with E-state index in [0.717, 1.165) is 0 Å². The van der Waals surface area contributed by atoms with Crippen LogP contribution in [0.4, 0.5) is 0 Å². The Labute approximate surface area is 78.8 Å². The molecule has 0 rings (SSSR count). The zero-order valence-electron chi connectivity index (χ0n) is 4.21. The summed E-state index contributed by atoms with van der Waals surface area (Å²) >= 11 is 0. The van der Waals surface area contributed by atoms with Gasteiger partial charge < -0.3 is 28.0 Å². The van der Waals surface area contributed by atoms with Crippen LogP contribution in [0, 0.1) is 21.6 Å². The number of hydrogen-bond donors (Lipinski definition) is 0. The summed E-state index contributed by atoms with van der Waals surface area (Å²) in [5, 5.41) is 0. The summed E-state index contributed by atoms with van der Waals surface area (Å²) in [5.74, 6) is 0. The van der Waals surface area contributed by atoms with Crippen molar-refractivity contribution in [2.75, 3.05) is 0 Å². The maximum atomic E-state index is 8.41. The molecule has 0 aliphatic carbocycles. The van der Waals surface area contributed by atoms with Gasteiger partial charge in [0, 0.05) is 0 Å². The first kappa shape index (κ1) is 16.7. The van der Waals surface area contributed by atoms with Crippen LogP contribution in [0.3, 0.4) is 0 Å². The fourth-order valence-electron chi connectivity index (χ4n) is 0. The molecule has 0 aliphatic heterocycles. The minimum Gasteiger partial charge on any atom is -0.357 e. The second-order valence-corrected chi connectivity index (χ2v) is 1.13. The summed E-state index contributed by atoms with van der Waals surface area (Å²) < 4.78 is 50.4. The van der Waals surface area contributed by atoms with Crippen LogP contribution >= 0.6 is 0 Å². The fourth-order valence-corrected chi connectivity index (χ4v) is 0. The van der Waals surface area contributed by atoms with Crippen LogP contribution in [-0.2, 0) is 0 Å². The van der Waals surface area contributed by atoms with Crippen molar-refractivity contribution in [1.82, 2.24) is 0 Å². The van der Waals surface area contributed by atoms with Gasteiger partial charge in [-0.2, -0.15) is 0 Å². The van der Waals surface area contributed by atoms with Gasteiger partial charge in [-0.25, -0.2) is 0 Å². The first-order valence-electron chi connectivity index (χ1n) is 0.926. The van der Waals surface area contributed by atoms with E-state index in [1.54, 1.807) is 0 Å². The Morgan fingerprint density at radius 1 is 0.556 bits per heavy atom. The zero-order chi connectivity index (χ0) is 7.15. The molecule has 0 aromatic carbocycles. The van der Waals surface area contributed by atoms with Crippen molar-refractivity contribution >= 4 is 0 Å². The molecule has 0 radical (unpaired) electrons. The third-order valence-corrected chi connectivity index (χ3v) is 0. The summed E-state index contributed by atoms with van der Waals surface area (Å²) in [5.41, 5.74) is 0. The molecule has 0 N–H and O–H groups in total. The van der Waals surface area contributed by atoms with Crippen LogP contribution in [0.5, 0.6) is 0 Å². The Morgan fingerprint density at radius 3 is 0.556 bits per heavy atom. The molecule has 0 fully saturated rings. The number of rotatable bonds is 0. The molecule has 0 saturated carbocycles. The van der Waals surface area contributed by atoms with Gasteiger partial charge in [-0.15, -0.1) is 0 Å². The molecule has 6 nitrogen and oxygen atoms in total. The van der Waals surface area contributed by atoms with E-state index >= 15 is 0 Å². The molecule has 0 unspecified atom stereocenters. The van der Waals surface area contributed by atoms with Crippen molar-refractivity contribution in [1.29, 1.82) is 0 Å². The largest absolute Gasteiger partial charge is 1.00 e. The van der Waals surface area contributed by atoms with E-state index in [0.29, 0.717) is 0 Å². The van der Waals surface area contributed by atoms with Gasteiger partial charge in [-0.3, -0.25) is 0 Å². The summed E-state index contributed by atoms with van der Waals surface area (Å²) in [6.07, 6.45) is 0. The summed E-state index contributed by atoms with van der Waals surface area (Å²) in [4.78, 5) is 0. The SMILES string of the molecule is [Na+].[O-][Cl+2]([O-])[O-].[O-][Cl+2]([O-])[O-]. The molecule has 0 saturated heterocycles. The quantitative estimate of drug-likeness (QED) is 0.347. The van der Waals surface area contributed by atoms with Crippen LogP contribution in [-0.4, -0.2) is 0 Å². The first-order chi connectivity index (χ1) is 3.46. The number of hydrogen-bond acceptors (Lipinski definition) is 6. The molecule has 9 heavy (non-hydrogen) atoms. The molecule has 0 aromatic rings. The Bertz CT molecular complexity index is 26.5. The topological polar surface area (TPSA) is 138 Å². The second-order valence-electron chi connectivity index (χ2n) is 0.378. The Kier molecular flexibility index (Phi) is 22.4. The summed E-state index contributed by atoms with van der Waals surface area (Å²) in [7, 11) is -5.70. The smallest absolute Gasteiger partial charge is 0.357 e. The molecule has 0 bridgehead atoms. The van der Waals surface area contributed by atoms with E-state index in [1.807, 2.05) is 0 Å². The normalized spacial score (nSPS) is 8.00. The predicted octanol–water partition coefficient (Wildman–Crippen LogP) is -10.1. The van der Waals surface area contributed by atoms with Crippen molar-refractivity contribution in [2.24, 2.45) is 0 Å². The molecule has 0 aliphatic rings. The van der Waals surface area contributed by atoms with E-state index in [9.17, 15) is 0 Å². The van der Waals surface area contributed by atoms with Gasteiger partial charge in [0.1, 0.15) is 0 Å². The molecule has 0 heterocycles. The van der Waals surface area contributed by atoms with Gasteiger partial charge in [0.05, 0.1) is 21.6 Å². The van der Waals surface area contributed by atoms with Crippen LogP contribution < -0.4 is 57.5 Å². The summed E-state index contributed by atoms with van der Waals surface area (Å²) in [6, 6.07) is 0. The van der Waals surface area contributed by atoms with Crippen LogP contribution in [0.25, 0.3) is 0 Å². The van der Waals surface area contributed by atoms with Gasteiger partial charge in [-0.1, -0.05) is 0 Å². The minimum absolute atomic E-state index is 0.